The van der Waals surface area contributed by atoms with E-state index < -0.39 is 0 Å². The van der Waals surface area contributed by atoms with Gasteiger partial charge >= 0.3 is 0 Å². The van der Waals surface area contributed by atoms with Crippen molar-refractivity contribution in [2.45, 2.75) is 46.9 Å². The number of nitrogens with zero attached hydrogens (tertiary/aromatic N) is 2. The first-order valence-electron chi connectivity index (χ1n) is 8.81. The molecule has 26 heavy (non-hydrogen) atoms. The Kier molecular flexibility index (Phi) is 6.01. The molecule has 1 atom stereocenters. The Labute approximate surface area is 159 Å². The molecule has 4 nitrogen and oxygen atoms in total. The molecule has 0 fully saturated rings. The number of nitrogens with one attached hydrogen (secondary N) is 1. The molecule has 0 amide bonds. The second kappa shape index (κ2) is 8.43. The molecule has 3 aromatic rings. The summed E-state index contributed by atoms with van der Waals surface area (Å²) in [5, 5.41) is 6.78. The fourth-order valence-corrected chi connectivity index (χ4v) is 3.76. The monoisotopic (exact) mass is 367 g/mol. The van der Waals surface area contributed by atoms with Crippen LogP contribution in [0.4, 0.5) is 0 Å². The molecule has 3 rings (SSSR count). The van der Waals surface area contributed by atoms with Gasteiger partial charge in [-0.15, -0.1) is 11.3 Å². The lowest BCUT2D eigenvalue weighted by molar-refractivity contribution is 0.297. The van der Waals surface area contributed by atoms with Crippen LogP contribution in [0.25, 0.3) is 0 Å². The van der Waals surface area contributed by atoms with E-state index in [1.165, 1.54) is 5.56 Å². The van der Waals surface area contributed by atoms with Crippen molar-refractivity contribution in [1.29, 1.82) is 0 Å². The van der Waals surface area contributed by atoms with Crippen molar-refractivity contribution >= 4 is 11.3 Å². The van der Waals surface area contributed by atoms with Crippen LogP contribution in [-0.2, 0) is 13.2 Å². The third-order valence-electron chi connectivity index (χ3n) is 4.23. The standard InChI is InChI=1S/C21H25N3OS/c1-14-9-18(11-23-17(4)21-24-16(3)13-26-21)10-15(2)20(14)25-12-19-7-5-6-8-22-19/h5-10,13,17,23H,11-12H2,1-4H3. The number of thiazole rings is 1. The van der Waals surface area contributed by atoms with Gasteiger partial charge in [-0.3, -0.25) is 4.98 Å². The lowest BCUT2D eigenvalue weighted by atomic mass is 10.1. The second-order valence-electron chi connectivity index (χ2n) is 6.60. The third-order valence-corrected chi connectivity index (χ3v) is 5.38. The van der Waals surface area contributed by atoms with E-state index in [0.29, 0.717) is 6.61 Å². The van der Waals surface area contributed by atoms with Crippen molar-refractivity contribution in [2.75, 3.05) is 0 Å². The lowest BCUT2D eigenvalue weighted by Crippen LogP contribution is -2.18. The highest BCUT2D eigenvalue weighted by Crippen LogP contribution is 2.26. The Morgan fingerprint density at radius 3 is 2.54 bits per heavy atom. The summed E-state index contributed by atoms with van der Waals surface area (Å²) in [7, 11) is 0. The van der Waals surface area contributed by atoms with Gasteiger partial charge in [-0.05, 0) is 56.5 Å². The van der Waals surface area contributed by atoms with Crippen LogP contribution >= 0.6 is 11.3 Å². The molecule has 0 bridgehead atoms. The van der Waals surface area contributed by atoms with E-state index in [-0.39, 0.29) is 6.04 Å². The first-order chi connectivity index (χ1) is 12.5. The number of aryl methyl sites for hydroxylation is 3. The summed E-state index contributed by atoms with van der Waals surface area (Å²) in [6, 6.07) is 10.5. The third kappa shape index (κ3) is 4.68. The molecule has 0 spiro atoms. The highest BCUT2D eigenvalue weighted by Gasteiger charge is 2.11. The maximum Gasteiger partial charge on any atom is 0.130 e. The summed E-state index contributed by atoms with van der Waals surface area (Å²) in [5.41, 5.74) is 5.57. The van der Waals surface area contributed by atoms with Crippen LogP contribution in [0.1, 0.15) is 46.1 Å². The highest BCUT2D eigenvalue weighted by molar-refractivity contribution is 7.09. The average Bonchev–Trinajstić information content (AvgIpc) is 3.06. The van der Waals surface area contributed by atoms with Crippen molar-refractivity contribution in [3.63, 3.8) is 0 Å². The van der Waals surface area contributed by atoms with Crippen LogP contribution in [-0.4, -0.2) is 9.97 Å². The van der Waals surface area contributed by atoms with Gasteiger partial charge in [0.05, 0.1) is 11.7 Å². The van der Waals surface area contributed by atoms with Crippen LogP contribution in [0.3, 0.4) is 0 Å². The molecule has 0 aliphatic rings. The summed E-state index contributed by atoms with van der Waals surface area (Å²) >= 11 is 1.71. The Hall–Kier alpha value is -2.24. The molecule has 0 aliphatic carbocycles. The molecule has 1 unspecified atom stereocenters. The quantitative estimate of drug-likeness (QED) is 0.646. The van der Waals surface area contributed by atoms with Gasteiger partial charge in [0.2, 0.25) is 0 Å². The Morgan fingerprint density at radius 1 is 1.15 bits per heavy atom. The fraction of sp³-hybridized carbons (Fsp3) is 0.333. The minimum atomic E-state index is 0.245. The van der Waals surface area contributed by atoms with Crippen molar-refractivity contribution in [2.24, 2.45) is 0 Å². The molecular formula is C21H25N3OS. The van der Waals surface area contributed by atoms with Crippen molar-refractivity contribution in [1.82, 2.24) is 15.3 Å². The molecular weight excluding hydrogens is 342 g/mol. The predicted molar refractivity (Wildman–Crippen MR) is 107 cm³/mol. The van der Waals surface area contributed by atoms with Gasteiger partial charge in [-0.2, -0.15) is 0 Å². The van der Waals surface area contributed by atoms with Crippen LogP contribution < -0.4 is 10.1 Å². The summed E-state index contributed by atoms with van der Waals surface area (Å²) in [6.07, 6.45) is 1.79. The Morgan fingerprint density at radius 2 is 1.92 bits per heavy atom. The maximum atomic E-state index is 6.02. The summed E-state index contributed by atoms with van der Waals surface area (Å²) in [6.45, 7) is 9.67. The SMILES string of the molecule is Cc1csc(C(C)NCc2cc(C)c(OCc3ccccn3)c(C)c2)n1. The zero-order valence-electron chi connectivity index (χ0n) is 15.7. The number of pyridine rings is 1. The van der Waals surface area contributed by atoms with E-state index in [0.717, 1.165) is 39.8 Å². The van der Waals surface area contributed by atoms with Crippen LogP contribution in [0, 0.1) is 20.8 Å². The van der Waals surface area contributed by atoms with E-state index in [4.69, 9.17) is 4.74 Å². The smallest absolute Gasteiger partial charge is 0.130 e. The highest BCUT2D eigenvalue weighted by atomic mass is 32.1. The first-order valence-corrected chi connectivity index (χ1v) is 9.69. The van der Waals surface area contributed by atoms with E-state index in [2.05, 4.69) is 53.6 Å². The van der Waals surface area contributed by atoms with Gasteiger partial charge in [-0.1, -0.05) is 18.2 Å². The molecule has 0 radical (unpaired) electrons. The molecule has 136 valence electrons. The summed E-state index contributed by atoms with van der Waals surface area (Å²) in [4.78, 5) is 8.87. The van der Waals surface area contributed by atoms with Gasteiger partial charge in [0, 0.05) is 23.8 Å². The van der Waals surface area contributed by atoms with Gasteiger partial charge < -0.3 is 10.1 Å². The van der Waals surface area contributed by atoms with Crippen LogP contribution in [0.5, 0.6) is 5.75 Å². The molecule has 1 N–H and O–H groups in total. The Balaban J connectivity index is 1.63. The molecule has 5 heteroatoms. The molecule has 0 saturated heterocycles. The molecule has 0 aliphatic heterocycles. The van der Waals surface area contributed by atoms with Crippen molar-refractivity contribution in [3.8, 4) is 5.75 Å². The minimum Gasteiger partial charge on any atom is -0.487 e. The number of hydrogen-bond donors (Lipinski definition) is 1. The van der Waals surface area contributed by atoms with E-state index >= 15 is 0 Å². The van der Waals surface area contributed by atoms with Crippen LogP contribution in [0.15, 0.2) is 41.9 Å². The Bertz CT molecular complexity index is 838. The largest absolute Gasteiger partial charge is 0.487 e. The van der Waals surface area contributed by atoms with E-state index in [9.17, 15) is 0 Å². The second-order valence-corrected chi connectivity index (χ2v) is 7.49. The zero-order chi connectivity index (χ0) is 18.5. The minimum absolute atomic E-state index is 0.245. The lowest BCUT2D eigenvalue weighted by Gasteiger charge is -2.16. The summed E-state index contributed by atoms with van der Waals surface area (Å²) < 4.78 is 6.02. The molecule has 2 aromatic heterocycles. The van der Waals surface area contributed by atoms with E-state index in [1.54, 1.807) is 17.5 Å². The molecule has 1 aromatic carbocycles. The number of rotatable bonds is 7. The van der Waals surface area contributed by atoms with Gasteiger partial charge in [0.15, 0.2) is 0 Å². The first kappa shape index (κ1) is 18.5. The maximum absolute atomic E-state index is 6.02. The van der Waals surface area contributed by atoms with Gasteiger partial charge in [0.25, 0.3) is 0 Å². The zero-order valence-corrected chi connectivity index (χ0v) is 16.6. The average molecular weight is 368 g/mol. The van der Waals surface area contributed by atoms with Crippen molar-refractivity contribution in [3.05, 3.63) is 75.0 Å². The van der Waals surface area contributed by atoms with Gasteiger partial charge in [-0.25, -0.2) is 4.98 Å². The summed E-state index contributed by atoms with van der Waals surface area (Å²) in [5.74, 6) is 0.947. The topological polar surface area (TPSA) is 47.0 Å². The van der Waals surface area contributed by atoms with Crippen LogP contribution in [0.2, 0.25) is 0 Å². The molecule has 2 heterocycles. The van der Waals surface area contributed by atoms with Crippen molar-refractivity contribution < 1.29 is 4.74 Å². The fourth-order valence-electron chi connectivity index (χ4n) is 2.93. The molecule has 0 saturated carbocycles. The normalized spacial score (nSPS) is 12.2. The van der Waals surface area contributed by atoms with E-state index in [1.807, 2.05) is 25.1 Å². The number of aromatic nitrogens is 2. The van der Waals surface area contributed by atoms with Gasteiger partial charge in [0.1, 0.15) is 17.4 Å². The predicted octanol–water partition coefficient (Wildman–Crippen LogP) is 4.89. The number of ether oxygens (including phenoxy) is 1. The number of benzene rings is 1. The number of hydrogen-bond acceptors (Lipinski definition) is 5.